The molecule has 2 aromatic rings. The molecule has 1 saturated heterocycles. The van der Waals surface area contributed by atoms with Crippen LogP contribution in [0.3, 0.4) is 0 Å². The lowest BCUT2D eigenvalue weighted by Crippen LogP contribution is -2.49. The fourth-order valence-corrected chi connectivity index (χ4v) is 3.64. The van der Waals surface area contributed by atoms with Crippen molar-refractivity contribution in [2.45, 2.75) is 58.5 Å². The average Bonchev–Trinajstić information content (AvgIpc) is 2.93. The summed E-state index contributed by atoms with van der Waals surface area (Å²) in [6, 6.07) is 8.56. The molecule has 23 heavy (non-hydrogen) atoms. The van der Waals surface area contributed by atoms with Gasteiger partial charge in [-0.2, -0.15) is 0 Å². The number of amides is 1. The molecule has 1 fully saturated rings. The minimum absolute atomic E-state index is 0.195. The molecule has 1 aromatic carbocycles. The number of hydrogen-bond acceptors (Lipinski definition) is 2. The first-order valence-corrected chi connectivity index (χ1v) is 8.75. The number of aryl methyl sites for hydroxylation is 1. The molecule has 0 unspecified atom stereocenters. The molecule has 1 aliphatic heterocycles. The van der Waals surface area contributed by atoms with Crippen molar-refractivity contribution >= 4 is 22.5 Å². The van der Waals surface area contributed by atoms with Gasteiger partial charge in [0, 0.05) is 34.9 Å². The minimum atomic E-state index is -0.195. The van der Waals surface area contributed by atoms with E-state index in [1.54, 1.807) is 0 Å². The number of aromatic nitrogens is 1. The molecule has 0 spiro atoms. The zero-order chi connectivity index (χ0) is 16.4. The molecule has 124 valence electrons. The third-order valence-electron chi connectivity index (χ3n) is 4.89. The Hall–Kier alpha value is -1.97. The molecule has 2 atom stereocenters. The minimum Gasteiger partial charge on any atom is -0.374 e. The summed E-state index contributed by atoms with van der Waals surface area (Å²) in [6.07, 6.45) is 4.56. The first-order valence-electron chi connectivity index (χ1n) is 8.75. The molecule has 0 saturated carbocycles. The maximum absolute atomic E-state index is 12.8. The molecule has 2 N–H and O–H groups in total. The molecule has 0 bridgehead atoms. The largest absolute Gasteiger partial charge is 0.374 e. The summed E-state index contributed by atoms with van der Waals surface area (Å²) in [7, 11) is 0. The van der Waals surface area contributed by atoms with E-state index in [9.17, 15) is 4.79 Å². The van der Waals surface area contributed by atoms with Gasteiger partial charge in [0.15, 0.2) is 0 Å². The lowest BCUT2D eigenvalue weighted by Gasteiger charge is -2.37. The van der Waals surface area contributed by atoms with E-state index in [0.717, 1.165) is 42.7 Å². The van der Waals surface area contributed by atoms with E-state index in [2.05, 4.69) is 47.2 Å². The van der Waals surface area contributed by atoms with Crippen molar-refractivity contribution in [3.05, 3.63) is 30.0 Å². The van der Waals surface area contributed by atoms with Gasteiger partial charge in [-0.15, -0.1) is 0 Å². The summed E-state index contributed by atoms with van der Waals surface area (Å²) in [6.45, 7) is 7.10. The maximum atomic E-state index is 12.8. The highest BCUT2D eigenvalue weighted by atomic mass is 16.2. The number of H-pyrrole nitrogens is 1. The van der Waals surface area contributed by atoms with Crippen LogP contribution in [0.25, 0.3) is 10.9 Å². The Morgan fingerprint density at radius 1 is 1.39 bits per heavy atom. The number of anilines is 1. The van der Waals surface area contributed by atoms with Crippen LogP contribution >= 0.6 is 0 Å². The van der Waals surface area contributed by atoms with E-state index in [1.165, 1.54) is 11.8 Å². The molecule has 1 amide bonds. The third kappa shape index (κ3) is 3.36. The Labute approximate surface area is 138 Å². The number of hydrogen-bond donors (Lipinski definition) is 2. The summed E-state index contributed by atoms with van der Waals surface area (Å²) in [5.41, 5.74) is 3.29. The van der Waals surface area contributed by atoms with Crippen LogP contribution < -0.4 is 5.32 Å². The molecule has 1 aliphatic rings. The summed E-state index contributed by atoms with van der Waals surface area (Å²) in [4.78, 5) is 18.2. The van der Waals surface area contributed by atoms with Crippen LogP contribution in [0, 0.1) is 6.92 Å². The van der Waals surface area contributed by atoms with Gasteiger partial charge < -0.3 is 15.2 Å². The topological polar surface area (TPSA) is 48.1 Å². The van der Waals surface area contributed by atoms with Gasteiger partial charge in [0.25, 0.3) is 0 Å². The van der Waals surface area contributed by atoms with E-state index < -0.39 is 0 Å². The Morgan fingerprint density at radius 2 is 2.22 bits per heavy atom. The highest BCUT2D eigenvalue weighted by Crippen LogP contribution is 2.23. The normalized spacial score (nSPS) is 19.8. The quantitative estimate of drug-likeness (QED) is 0.894. The van der Waals surface area contributed by atoms with Gasteiger partial charge in [-0.1, -0.05) is 6.92 Å². The Morgan fingerprint density at radius 3 is 3.00 bits per heavy atom. The molecule has 0 aliphatic carbocycles. The standard InChI is InChI=1S/C19H27N3O/c1-4-17-7-5-6-10-22(17)19(23)14(3)21-16-8-9-18-15(12-16)11-13(2)20-18/h8-9,11-12,14,17,20-21H,4-7,10H2,1-3H3/t14-,17-/m1/s1. The predicted molar refractivity (Wildman–Crippen MR) is 95.8 cm³/mol. The van der Waals surface area contributed by atoms with Crippen molar-refractivity contribution in [1.29, 1.82) is 0 Å². The van der Waals surface area contributed by atoms with Crippen molar-refractivity contribution in [3.8, 4) is 0 Å². The first kappa shape index (κ1) is 15.9. The van der Waals surface area contributed by atoms with Crippen LogP contribution in [0.5, 0.6) is 0 Å². The second-order valence-corrected chi connectivity index (χ2v) is 6.71. The van der Waals surface area contributed by atoms with E-state index in [1.807, 2.05) is 13.0 Å². The summed E-state index contributed by atoms with van der Waals surface area (Å²) in [5, 5.41) is 4.56. The average molecular weight is 313 g/mol. The Bertz CT molecular complexity index is 691. The van der Waals surface area contributed by atoms with Crippen LogP contribution in [0.15, 0.2) is 24.3 Å². The Kier molecular flexibility index (Phi) is 4.60. The molecule has 4 heteroatoms. The van der Waals surface area contributed by atoms with E-state index in [0.29, 0.717) is 6.04 Å². The monoisotopic (exact) mass is 313 g/mol. The fourth-order valence-electron chi connectivity index (χ4n) is 3.64. The van der Waals surface area contributed by atoms with E-state index in [-0.39, 0.29) is 11.9 Å². The van der Waals surface area contributed by atoms with Gasteiger partial charge >= 0.3 is 0 Å². The van der Waals surface area contributed by atoms with E-state index >= 15 is 0 Å². The number of nitrogens with one attached hydrogen (secondary N) is 2. The van der Waals surface area contributed by atoms with Crippen LogP contribution in [-0.2, 0) is 4.79 Å². The molecule has 0 radical (unpaired) electrons. The number of benzene rings is 1. The van der Waals surface area contributed by atoms with Crippen molar-refractivity contribution in [1.82, 2.24) is 9.88 Å². The van der Waals surface area contributed by atoms with Crippen molar-refractivity contribution < 1.29 is 4.79 Å². The van der Waals surface area contributed by atoms with Crippen LogP contribution in [-0.4, -0.2) is 34.4 Å². The SMILES string of the molecule is CC[C@@H]1CCCCN1C(=O)[C@@H](C)Nc1ccc2[nH]c(C)cc2c1. The van der Waals surface area contributed by atoms with Crippen molar-refractivity contribution in [2.75, 3.05) is 11.9 Å². The maximum Gasteiger partial charge on any atom is 0.245 e. The Balaban J connectivity index is 1.71. The summed E-state index contributed by atoms with van der Waals surface area (Å²) < 4.78 is 0. The second-order valence-electron chi connectivity index (χ2n) is 6.71. The smallest absolute Gasteiger partial charge is 0.245 e. The number of likely N-dealkylation sites (tertiary alicyclic amines) is 1. The number of piperidine rings is 1. The molecular weight excluding hydrogens is 286 g/mol. The van der Waals surface area contributed by atoms with Gasteiger partial charge in [-0.05, 0) is 63.8 Å². The third-order valence-corrected chi connectivity index (χ3v) is 4.89. The first-order chi connectivity index (χ1) is 11.1. The predicted octanol–water partition coefficient (Wildman–Crippen LogP) is 4.07. The summed E-state index contributed by atoms with van der Waals surface area (Å²) >= 11 is 0. The number of nitrogens with zero attached hydrogens (tertiary/aromatic N) is 1. The molecular formula is C19H27N3O. The number of rotatable bonds is 4. The molecule has 3 rings (SSSR count). The van der Waals surface area contributed by atoms with Gasteiger partial charge in [-0.3, -0.25) is 4.79 Å². The lowest BCUT2D eigenvalue weighted by molar-refractivity contribution is -0.135. The van der Waals surface area contributed by atoms with Crippen LogP contribution in [0.1, 0.15) is 45.2 Å². The van der Waals surface area contributed by atoms with Gasteiger partial charge in [0.2, 0.25) is 5.91 Å². The number of aromatic amines is 1. The lowest BCUT2D eigenvalue weighted by atomic mass is 9.99. The number of fused-ring (bicyclic) bond motifs is 1. The van der Waals surface area contributed by atoms with Gasteiger partial charge in [0.05, 0.1) is 0 Å². The molecule has 4 nitrogen and oxygen atoms in total. The number of carbonyl (C=O) groups excluding carboxylic acids is 1. The second kappa shape index (κ2) is 6.65. The van der Waals surface area contributed by atoms with E-state index in [4.69, 9.17) is 0 Å². The molecule has 1 aromatic heterocycles. The van der Waals surface area contributed by atoms with Crippen LogP contribution in [0.2, 0.25) is 0 Å². The zero-order valence-corrected chi connectivity index (χ0v) is 14.4. The zero-order valence-electron chi connectivity index (χ0n) is 14.4. The van der Waals surface area contributed by atoms with Crippen molar-refractivity contribution in [3.63, 3.8) is 0 Å². The molecule has 2 heterocycles. The summed E-state index contributed by atoms with van der Waals surface area (Å²) in [5.74, 6) is 0.224. The highest BCUT2D eigenvalue weighted by molar-refractivity contribution is 5.87. The van der Waals surface area contributed by atoms with Gasteiger partial charge in [0.1, 0.15) is 6.04 Å². The number of carbonyl (C=O) groups is 1. The highest BCUT2D eigenvalue weighted by Gasteiger charge is 2.28. The van der Waals surface area contributed by atoms with Crippen LogP contribution in [0.4, 0.5) is 5.69 Å². The fraction of sp³-hybridized carbons (Fsp3) is 0.526. The van der Waals surface area contributed by atoms with Crippen molar-refractivity contribution in [2.24, 2.45) is 0 Å². The van der Waals surface area contributed by atoms with Gasteiger partial charge in [-0.25, -0.2) is 0 Å².